The van der Waals surface area contributed by atoms with Gasteiger partial charge >= 0.3 is 0 Å². The molecule has 0 N–H and O–H groups in total. The van der Waals surface area contributed by atoms with Gasteiger partial charge in [0, 0.05) is 34.1 Å². The molecule has 0 unspecified atom stereocenters. The summed E-state index contributed by atoms with van der Waals surface area (Å²) in [4.78, 5) is 4.69. The topological polar surface area (TPSA) is 6.48 Å². The molecule has 0 amide bonds. The second kappa shape index (κ2) is 14.0. The van der Waals surface area contributed by atoms with Crippen LogP contribution in [0.5, 0.6) is 0 Å². The molecule has 0 aliphatic rings. The summed E-state index contributed by atoms with van der Waals surface area (Å²) in [7, 11) is 0. The molecule has 252 valence electrons. The van der Waals surface area contributed by atoms with Gasteiger partial charge < -0.3 is 9.80 Å². The van der Waals surface area contributed by atoms with Crippen LogP contribution >= 0.6 is 0 Å². The SMILES string of the molecule is Cc1ccc2cc(-c3ccc4cc(-c5cc(N(c6ccccc6)c6ccccc6)cc(N(c6ccccc6)c6ccccc6)c5)ccc4c3)ccc2c1. The monoisotopic (exact) mass is 678 g/mol. The highest BCUT2D eigenvalue weighted by atomic mass is 15.2. The zero-order valence-corrected chi connectivity index (χ0v) is 29.6. The second-order valence-electron chi connectivity index (χ2n) is 13.6. The van der Waals surface area contributed by atoms with Crippen LogP contribution in [-0.2, 0) is 0 Å². The van der Waals surface area contributed by atoms with Crippen LogP contribution in [-0.4, -0.2) is 0 Å². The standard InChI is InChI=1S/C51H38N2/c1-37-22-23-39-31-40(25-24-38(39)30-37)41-26-27-43-33-44(29-28-42(43)32-41)45-34-50(52(46-14-6-2-7-15-46)47-16-8-3-9-17-47)36-51(35-45)53(48-18-10-4-11-19-48)49-20-12-5-13-21-49/h2-36H,1H3. The third-order valence-electron chi connectivity index (χ3n) is 9.98. The maximum atomic E-state index is 2.35. The Hall–Kier alpha value is -6.90. The number of anilines is 6. The summed E-state index contributed by atoms with van der Waals surface area (Å²) in [6, 6.07) is 76.6. The molecule has 2 heteroatoms. The van der Waals surface area contributed by atoms with E-state index in [2.05, 4.69) is 229 Å². The predicted octanol–water partition coefficient (Wildman–Crippen LogP) is 14.6. The fourth-order valence-corrected chi connectivity index (χ4v) is 7.37. The smallest absolute Gasteiger partial charge is 0.0488 e. The van der Waals surface area contributed by atoms with Crippen molar-refractivity contribution in [3.8, 4) is 22.3 Å². The van der Waals surface area contributed by atoms with Crippen molar-refractivity contribution in [3.63, 3.8) is 0 Å². The summed E-state index contributed by atoms with van der Waals surface area (Å²) in [6.07, 6.45) is 0. The highest BCUT2D eigenvalue weighted by Gasteiger charge is 2.19. The van der Waals surface area contributed by atoms with Crippen LogP contribution < -0.4 is 9.80 Å². The van der Waals surface area contributed by atoms with Crippen molar-refractivity contribution in [2.24, 2.45) is 0 Å². The first-order valence-electron chi connectivity index (χ1n) is 18.2. The Morgan fingerprint density at radius 1 is 0.245 bits per heavy atom. The minimum Gasteiger partial charge on any atom is -0.310 e. The third kappa shape index (κ3) is 6.55. The van der Waals surface area contributed by atoms with Crippen LogP contribution in [0.4, 0.5) is 34.1 Å². The number of nitrogens with zero attached hydrogens (tertiary/aromatic N) is 2. The first-order valence-corrected chi connectivity index (χ1v) is 18.2. The number of hydrogen-bond acceptors (Lipinski definition) is 2. The molecule has 2 nitrogen and oxygen atoms in total. The number of aryl methyl sites for hydroxylation is 1. The van der Waals surface area contributed by atoms with Gasteiger partial charge in [-0.25, -0.2) is 0 Å². The van der Waals surface area contributed by atoms with E-state index in [-0.39, 0.29) is 0 Å². The second-order valence-corrected chi connectivity index (χ2v) is 13.6. The van der Waals surface area contributed by atoms with Crippen LogP contribution in [0, 0.1) is 6.92 Å². The summed E-state index contributed by atoms with van der Waals surface area (Å²) in [6.45, 7) is 2.15. The summed E-state index contributed by atoms with van der Waals surface area (Å²) < 4.78 is 0. The van der Waals surface area contributed by atoms with Crippen molar-refractivity contribution >= 4 is 55.7 Å². The average Bonchev–Trinajstić information content (AvgIpc) is 3.22. The number of fused-ring (bicyclic) bond motifs is 2. The van der Waals surface area contributed by atoms with E-state index < -0.39 is 0 Å². The van der Waals surface area contributed by atoms with Crippen molar-refractivity contribution in [2.75, 3.05) is 9.80 Å². The molecule has 9 rings (SSSR count). The Morgan fingerprint density at radius 3 is 0.943 bits per heavy atom. The van der Waals surface area contributed by atoms with E-state index in [1.165, 1.54) is 38.2 Å². The van der Waals surface area contributed by atoms with Crippen LogP contribution in [0.25, 0.3) is 43.8 Å². The van der Waals surface area contributed by atoms with Gasteiger partial charge in [0.15, 0.2) is 0 Å². The molecule has 0 heterocycles. The fraction of sp³-hybridized carbons (Fsp3) is 0.0196. The molecule has 9 aromatic rings. The zero-order chi connectivity index (χ0) is 35.6. The maximum absolute atomic E-state index is 2.35. The summed E-state index contributed by atoms with van der Waals surface area (Å²) >= 11 is 0. The largest absolute Gasteiger partial charge is 0.310 e. The molecule has 0 saturated carbocycles. The maximum Gasteiger partial charge on any atom is 0.0488 e. The van der Waals surface area contributed by atoms with Crippen LogP contribution in [0.1, 0.15) is 5.56 Å². The van der Waals surface area contributed by atoms with Gasteiger partial charge in [0.2, 0.25) is 0 Å². The van der Waals surface area contributed by atoms with Gasteiger partial charge in [0.25, 0.3) is 0 Å². The first-order chi connectivity index (χ1) is 26.2. The normalized spacial score (nSPS) is 11.1. The van der Waals surface area contributed by atoms with Gasteiger partial charge in [0.1, 0.15) is 0 Å². The number of benzene rings is 9. The van der Waals surface area contributed by atoms with E-state index in [0.29, 0.717) is 0 Å². The lowest BCUT2D eigenvalue weighted by atomic mass is 9.95. The van der Waals surface area contributed by atoms with Gasteiger partial charge in [-0.15, -0.1) is 0 Å². The van der Waals surface area contributed by atoms with E-state index in [1.807, 2.05) is 0 Å². The summed E-state index contributed by atoms with van der Waals surface area (Å²) in [5.41, 5.74) is 12.6. The zero-order valence-electron chi connectivity index (χ0n) is 29.6. The molecule has 9 aromatic carbocycles. The van der Waals surface area contributed by atoms with Crippen LogP contribution in [0.2, 0.25) is 0 Å². The number of hydrogen-bond donors (Lipinski definition) is 0. The molecule has 0 aliphatic heterocycles. The van der Waals surface area contributed by atoms with E-state index >= 15 is 0 Å². The molecule has 0 radical (unpaired) electrons. The Kier molecular flexibility index (Phi) is 8.47. The Labute approximate surface area is 311 Å². The molecule has 0 saturated heterocycles. The fourth-order valence-electron chi connectivity index (χ4n) is 7.37. The average molecular weight is 679 g/mol. The predicted molar refractivity (Wildman–Crippen MR) is 226 cm³/mol. The van der Waals surface area contributed by atoms with E-state index in [0.717, 1.165) is 45.3 Å². The van der Waals surface area contributed by atoms with Crippen molar-refractivity contribution < 1.29 is 0 Å². The molecule has 0 bridgehead atoms. The lowest BCUT2D eigenvalue weighted by Gasteiger charge is -2.30. The Bertz CT molecular complexity index is 2490. The van der Waals surface area contributed by atoms with Gasteiger partial charge in [-0.1, -0.05) is 133 Å². The molecular formula is C51H38N2. The highest BCUT2D eigenvalue weighted by Crippen LogP contribution is 2.43. The van der Waals surface area contributed by atoms with Gasteiger partial charge in [-0.05, 0) is 136 Å². The molecule has 53 heavy (non-hydrogen) atoms. The molecule has 0 spiro atoms. The lowest BCUT2D eigenvalue weighted by Crippen LogP contribution is -2.13. The minimum atomic E-state index is 1.08. The summed E-state index contributed by atoms with van der Waals surface area (Å²) in [5.74, 6) is 0. The van der Waals surface area contributed by atoms with Crippen molar-refractivity contribution in [1.29, 1.82) is 0 Å². The van der Waals surface area contributed by atoms with Gasteiger partial charge in [0.05, 0.1) is 0 Å². The molecule has 0 fully saturated rings. The first kappa shape index (κ1) is 32.0. The number of rotatable bonds is 8. The van der Waals surface area contributed by atoms with Crippen LogP contribution in [0.3, 0.4) is 0 Å². The van der Waals surface area contributed by atoms with Crippen molar-refractivity contribution in [3.05, 3.63) is 218 Å². The number of para-hydroxylation sites is 4. The van der Waals surface area contributed by atoms with Gasteiger partial charge in [-0.3, -0.25) is 0 Å². The molecule has 0 aliphatic carbocycles. The Morgan fingerprint density at radius 2 is 0.566 bits per heavy atom. The quantitative estimate of drug-likeness (QED) is 0.158. The minimum absolute atomic E-state index is 1.08. The van der Waals surface area contributed by atoms with Crippen molar-refractivity contribution in [2.45, 2.75) is 6.92 Å². The molecule has 0 aromatic heterocycles. The third-order valence-corrected chi connectivity index (χ3v) is 9.98. The van der Waals surface area contributed by atoms with E-state index in [4.69, 9.17) is 0 Å². The highest BCUT2D eigenvalue weighted by molar-refractivity contribution is 5.95. The van der Waals surface area contributed by atoms with Crippen LogP contribution in [0.15, 0.2) is 212 Å². The van der Waals surface area contributed by atoms with E-state index in [1.54, 1.807) is 0 Å². The lowest BCUT2D eigenvalue weighted by molar-refractivity contribution is 1.25. The summed E-state index contributed by atoms with van der Waals surface area (Å²) in [5, 5.41) is 4.97. The Balaban J connectivity index is 1.20. The van der Waals surface area contributed by atoms with Crippen molar-refractivity contribution in [1.82, 2.24) is 0 Å². The molecular weight excluding hydrogens is 641 g/mol. The van der Waals surface area contributed by atoms with Gasteiger partial charge in [-0.2, -0.15) is 0 Å². The molecule has 0 atom stereocenters. The van der Waals surface area contributed by atoms with E-state index in [9.17, 15) is 0 Å².